The van der Waals surface area contributed by atoms with E-state index >= 15 is 0 Å². The van der Waals surface area contributed by atoms with Gasteiger partial charge >= 0.3 is 0 Å². The van der Waals surface area contributed by atoms with Crippen molar-refractivity contribution in [3.63, 3.8) is 0 Å². The second kappa shape index (κ2) is 5.67. The number of hydrogen-bond acceptors (Lipinski definition) is 3. The zero-order chi connectivity index (χ0) is 12.3. The van der Waals surface area contributed by atoms with Crippen molar-refractivity contribution < 1.29 is 5.11 Å². The molecule has 90 valence electrons. The lowest BCUT2D eigenvalue weighted by atomic mass is 10.1. The quantitative estimate of drug-likeness (QED) is 0.895. The van der Waals surface area contributed by atoms with Crippen LogP contribution in [-0.2, 0) is 0 Å². The summed E-state index contributed by atoms with van der Waals surface area (Å²) in [6, 6.07) is 10.1. The molecule has 0 aliphatic rings. The second-order valence-corrected chi connectivity index (χ2v) is 5.72. The maximum Gasteiger partial charge on any atom is 0.0838 e. The second-order valence-electron chi connectivity index (χ2n) is 3.86. The summed E-state index contributed by atoms with van der Waals surface area (Å²) in [6.45, 7) is 2.14. The largest absolute Gasteiger partial charge is 0.394 e. The van der Waals surface area contributed by atoms with Gasteiger partial charge in [0.2, 0.25) is 0 Å². The number of thiophene rings is 1. The van der Waals surface area contributed by atoms with Crippen LogP contribution in [0.3, 0.4) is 0 Å². The number of aliphatic hydroxyl groups is 1. The van der Waals surface area contributed by atoms with E-state index in [2.05, 4.69) is 34.2 Å². The predicted octanol–water partition coefficient (Wildman–Crippen LogP) is 3.96. The molecule has 2 N–H and O–H groups in total. The van der Waals surface area contributed by atoms with E-state index in [1.165, 1.54) is 5.56 Å². The van der Waals surface area contributed by atoms with Crippen LogP contribution in [0, 0.1) is 6.92 Å². The first-order valence-electron chi connectivity index (χ1n) is 5.37. The summed E-state index contributed by atoms with van der Waals surface area (Å²) < 4.78 is 1.06. The van der Waals surface area contributed by atoms with Gasteiger partial charge in [-0.15, -0.1) is 11.3 Å². The maximum atomic E-state index is 9.47. The van der Waals surface area contributed by atoms with Crippen LogP contribution in [0.4, 0.5) is 5.69 Å². The van der Waals surface area contributed by atoms with Crippen molar-refractivity contribution in [3.05, 3.63) is 50.6 Å². The zero-order valence-corrected chi connectivity index (χ0v) is 11.9. The van der Waals surface area contributed by atoms with Gasteiger partial charge in [0.05, 0.1) is 12.6 Å². The summed E-state index contributed by atoms with van der Waals surface area (Å²) in [5.41, 5.74) is 2.25. The molecular formula is C13H14BrNOS. The predicted molar refractivity (Wildman–Crippen MR) is 76.6 cm³/mol. The third-order valence-corrected chi connectivity index (χ3v) is 4.40. The molecule has 0 radical (unpaired) electrons. The standard InChI is InChI=1S/C13H14BrNOS/c1-9-4-2-3-5-11(9)15-12(7-16)13-6-10(14)8-17-13/h2-6,8,12,15-16H,7H2,1H3. The van der Waals surface area contributed by atoms with Crippen molar-refractivity contribution in [2.24, 2.45) is 0 Å². The fraction of sp³-hybridized carbons (Fsp3) is 0.231. The summed E-state index contributed by atoms with van der Waals surface area (Å²) in [7, 11) is 0. The van der Waals surface area contributed by atoms with Gasteiger partial charge in [0, 0.05) is 20.4 Å². The Bertz CT molecular complexity index is 498. The molecule has 1 unspecified atom stereocenters. The van der Waals surface area contributed by atoms with E-state index in [4.69, 9.17) is 0 Å². The molecule has 2 aromatic rings. The number of para-hydroxylation sites is 1. The number of aryl methyl sites for hydroxylation is 1. The number of rotatable bonds is 4. The van der Waals surface area contributed by atoms with Crippen LogP contribution in [0.15, 0.2) is 40.2 Å². The van der Waals surface area contributed by atoms with Gasteiger partial charge in [-0.3, -0.25) is 0 Å². The Morgan fingerprint density at radius 1 is 1.41 bits per heavy atom. The lowest BCUT2D eigenvalue weighted by Gasteiger charge is -2.17. The highest BCUT2D eigenvalue weighted by Crippen LogP contribution is 2.28. The Labute approximate surface area is 113 Å². The Morgan fingerprint density at radius 3 is 2.76 bits per heavy atom. The molecule has 4 heteroatoms. The zero-order valence-electron chi connectivity index (χ0n) is 9.48. The van der Waals surface area contributed by atoms with Gasteiger partial charge in [-0.05, 0) is 40.5 Å². The first-order chi connectivity index (χ1) is 8.20. The fourth-order valence-corrected chi connectivity index (χ4v) is 3.13. The molecule has 0 saturated carbocycles. The monoisotopic (exact) mass is 311 g/mol. The van der Waals surface area contributed by atoms with Crippen LogP contribution in [0.25, 0.3) is 0 Å². The first-order valence-corrected chi connectivity index (χ1v) is 7.05. The Kier molecular flexibility index (Phi) is 4.20. The highest BCUT2D eigenvalue weighted by atomic mass is 79.9. The summed E-state index contributed by atoms with van der Waals surface area (Å²) >= 11 is 5.07. The van der Waals surface area contributed by atoms with Crippen LogP contribution in [-0.4, -0.2) is 11.7 Å². The van der Waals surface area contributed by atoms with Crippen molar-refractivity contribution in [1.29, 1.82) is 0 Å². The highest BCUT2D eigenvalue weighted by molar-refractivity contribution is 9.10. The van der Waals surface area contributed by atoms with Crippen molar-refractivity contribution >= 4 is 33.0 Å². The smallest absolute Gasteiger partial charge is 0.0838 e. The van der Waals surface area contributed by atoms with Crippen LogP contribution >= 0.6 is 27.3 Å². The van der Waals surface area contributed by atoms with E-state index in [9.17, 15) is 5.11 Å². The molecule has 1 heterocycles. The lowest BCUT2D eigenvalue weighted by Crippen LogP contribution is -2.14. The lowest BCUT2D eigenvalue weighted by molar-refractivity contribution is 0.277. The van der Waals surface area contributed by atoms with E-state index in [0.29, 0.717) is 0 Å². The van der Waals surface area contributed by atoms with E-state index in [1.54, 1.807) is 11.3 Å². The molecular weight excluding hydrogens is 298 g/mol. The Morgan fingerprint density at radius 2 is 2.18 bits per heavy atom. The number of benzene rings is 1. The van der Waals surface area contributed by atoms with Crippen molar-refractivity contribution in [3.8, 4) is 0 Å². The van der Waals surface area contributed by atoms with E-state index in [1.807, 2.05) is 29.6 Å². The summed E-state index contributed by atoms with van der Waals surface area (Å²) in [5, 5.41) is 14.9. The fourth-order valence-electron chi connectivity index (χ4n) is 1.64. The molecule has 0 bridgehead atoms. The van der Waals surface area contributed by atoms with Gasteiger partial charge in [0.15, 0.2) is 0 Å². The number of hydrogen-bond donors (Lipinski definition) is 2. The average Bonchev–Trinajstić information content (AvgIpc) is 2.75. The molecule has 0 amide bonds. The van der Waals surface area contributed by atoms with Crippen molar-refractivity contribution in [2.45, 2.75) is 13.0 Å². The molecule has 1 atom stereocenters. The molecule has 0 spiro atoms. The average molecular weight is 312 g/mol. The minimum atomic E-state index is -0.0487. The summed E-state index contributed by atoms with van der Waals surface area (Å²) in [6.07, 6.45) is 0. The molecule has 17 heavy (non-hydrogen) atoms. The molecule has 2 nitrogen and oxygen atoms in total. The summed E-state index contributed by atoms with van der Waals surface area (Å²) in [4.78, 5) is 1.13. The topological polar surface area (TPSA) is 32.3 Å². The van der Waals surface area contributed by atoms with Crippen LogP contribution in [0.2, 0.25) is 0 Å². The molecule has 0 aliphatic carbocycles. The number of anilines is 1. The van der Waals surface area contributed by atoms with Crippen LogP contribution in [0.1, 0.15) is 16.5 Å². The highest BCUT2D eigenvalue weighted by Gasteiger charge is 2.13. The number of aliphatic hydroxyl groups excluding tert-OH is 1. The third kappa shape index (κ3) is 3.09. The normalized spacial score (nSPS) is 12.4. The third-order valence-electron chi connectivity index (χ3n) is 2.59. The number of halogens is 1. The van der Waals surface area contributed by atoms with E-state index in [0.717, 1.165) is 15.0 Å². The van der Waals surface area contributed by atoms with Crippen LogP contribution < -0.4 is 5.32 Å². The molecule has 1 aromatic heterocycles. The van der Waals surface area contributed by atoms with Gasteiger partial charge in [0.25, 0.3) is 0 Å². The molecule has 1 aromatic carbocycles. The molecule has 0 saturated heterocycles. The minimum Gasteiger partial charge on any atom is -0.394 e. The van der Waals surface area contributed by atoms with Gasteiger partial charge in [0.1, 0.15) is 0 Å². The molecule has 0 aliphatic heterocycles. The van der Waals surface area contributed by atoms with Gasteiger partial charge < -0.3 is 10.4 Å². The van der Waals surface area contributed by atoms with Gasteiger partial charge in [-0.2, -0.15) is 0 Å². The van der Waals surface area contributed by atoms with Gasteiger partial charge in [-0.25, -0.2) is 0 Å². The maximum absolute atomic E-state index is 9.47. The van der Waals surface area contributed by atoms with E-state index in [-0.39, 0.29) is 12.6 Å². The minimum absolute atomic E-state index is 0.0487. The summed E-state index contributed by atoms with van der Waals surface area (Å²) in [5.74, 6) is 0. The Balaban J connectivity index is 2.18. The first kappa shape index (κ1) is 12.6. The van der Waals surface area contributed by atoms with E-state index < -0.39 is 0 Å². The Hall–Kier alpha value is -0.840. The van der Waals surface area contributed by atoms with Gasteiger partial charge in [-0.1, -0.05) is 18.2 Å². The van der Waals surface area contributed by atoms with Crippen molar-refractivity contribution in [1.82, 2.24) is 0 Å². The van der Waals surface area contributed by atoms with Crippen LogP contribution in [0.5, 0.6) is 0 Å². The molecule has 2 rings (SSSR count). The molecule has 0 fully saturated rings. The van der Waals surface area contributed by atoms with Crippen molar-refractivity contribution in [2.75, 3.05) is 11.9 Å². The SMILES string of the molecule is Cc1ccccc1NC(CO)c1cc(Br)cs1. The number of nitrogens with one attached hydrogen (secondary N) is 1.